The molecular formula is C25H20ClN5O2S2. The second-order valence-electron chi connectivity index (χ2n) is 7.88. The first kappa shape index (κ1) is 23.2. The van der Waals surface area contributed by atoms with Crippen LogP contribution in [0.2, 0.25) is 5.02 Å². The molecule has 2 aromatic carbocycles. The van der Waals surface area contributed by atoms with Crippen LogP contribution in [0.25, 0.3) is 15.9 Å². The van der Waals surface area contributed by atoms with Crippen molar-refractivity contribution in [2.45, 2.75) is 13.3 Å². The number of rotatable bonds is 6. The molecule has 0 aliphatic rings. The Hall–Kier alpha value is -3.53. The largest absolute Gasteiger partial charge is 0.326 e. The van der Waals surface area contributed by atoms with Gasteiger partial charge in [0.15, 0.2) is 5.13 Å². The van der Waals surface area contributed by atoms with Crippen molar-refractivity contribution in [2.24, 2.45) is 0 Å². The number of thiazole rings is 1. The lowest BCUT2D eigenvalue weighted by Crippen LogP contribution is -2.25. The van der Waals surface area contributed by atoms with E-state index in [2.05, 4.69) is 15.4 Å². The van der Waals surface area contributed by atoms with E-state index < -0.39 is 0 Å². The van der Waals surface area contributed by atoms with Crippen molar-refractivity contribution in [3.63, 3.8) is 0 Å². The van der Waals surface area contributed by atoms with E-state index in [1.807, 2.05) is 48.0 Å². The molecule has 176 valence electrons. The standard InChI is InChI=1S/C25H20ClN5O2S2/c1-15-20-13-21(35-24(20)31(29-15)19-6-4-3-5-7-19)23(33)30(2)25-28-18(14-34-25)12-22(32)27-17-10-8-16(26)9-11-17/h3-11,13-14H,12H2,1-2H3,(H,27,32). The highest BCUT2D eigenvalue weighted by Crippen LogP contribution is 2.32. The lowest BCUT2D eigenvalue weighted by atomic mass is 10.3. The fraction of sp³-hybridized carbons (Fsp3) is 0.120. The SMILES string of the molecule is Cc1nn(-c2ccccc2)c2sc(C(=O)N(C)c3nc(CC(=O)Nc4ccc(Cl)cc4)cs3)cc12. The molecule has 5 aromatic rings. The average Bonchev–Trinajstić information content (AvgIpc) is 3.57. The fourth-order valence-corrected chi connectivity index (χ4v) is 5.66. The highest BCUT2D eigenvalue weighted by Gasteiger charge is 2.22. The van der Waals surface area contributed by atoms with Crippen molar-refractivity contribution in [3.8, 4) is 5.69 Å². The van der Waals surface area contributed by atoms with Gasteiger partial charge in [0.25, 0.3) is 5.91 Å². The maximum atomic E-state index is 13.3. The number of hydrogen-bond acceptors (Lipinski definition) is 6. The van der Waals surface area contributed by atoms with Gasteiger partial charge in [-0.05, 0) is 49.4 Å². The van der Waals surface area contributed by atoms with Gasteiger partial charge in [-0.1, -0.05) is 29.8 Å². The Morgan fingerprint density at radius 2 is 1.86 bits per heavy atom. The summed E-state index contributed by atoms with van der Waals surface area (Å²) in [6.45, 7) is 1.94. The Morgan fingerprint density at radius 3 is 2.60 bits per heavy atom. The molecule has 0 bridgehead atoms. The van der Waals surface area contributed by atoms with Gasteiger partial charge >= 0.3 is 0 Å². The molecule has 0 aliphatic carbocycles. The van der Waals surface area contributed by atoms with E-state index in [1.54, 1.807) is 36.7 Å². The van der Waals surface area contributed by atoms with E-state index in [0.717, 1.165) is 21.6 Å². The van der Waals surface area contributed by atoms with Gasteiger partial charge in [-0.3, -0.25) is 14.5 Å². The highest BCUT2D eigenvalue weighted by molar-refractivity contribution is 7.20. The van der Waals surface area contributed by atoms with Crippen molar-refractivity contribution in [1.82, 2.24) is 14.8 Å². The first-order chi connectivity index (χ1) is 16.9. The number of thiophene rings is 1. The van der Waals surface area contributed by atoms with Crippen LogP contribution < -0.4 is 10.2 Å². The van der Waals surface area contributed by atoms with Crippen molar-refractivity contribution in [1.29, 1.82) is 0 Å². The third-order valence-corrected chi connectivity index (χ3v) is 7.67. The number of para-hydroxylation sites is 1. The number of aromatic nitrogens is 3. The van der Waals surface area contributed by atoms with E-state index in [9.17, 15) is 9.59 Å². The third kappa shape index (κ3) is 4.84. The summed E-state index contributed by atoms with van der Waals surface area (Å²) in [4.78, 5) is 33.2. The summed E-state index contributed by atoms with van der Waals surface area (Å²) in [5, 5.41) is 11.3. The predicted molar refractivity (Wildman–Crippen MR) is 142 cm³/mol. The zero-order valence-electron chi connectivity index (χ0n) is 18.9. The summed E-state index contributed by atoms with van der Waals surface area (Å²) in [6, 6.07) is 18.6. The molecule has 10 heteroatoms. The Balaban J connectivity index is 1.31. The second-order valence-corrected chi connectivity index (χ2v) is 10.2. The number of anilines is 2. The Labute approximate surface area is 214 Å². The molecule has 5 rings (SSSR count). The van der Waals surface area contributed by atoms with Crippen LogP contribution in [0.5, 0.6) is 0 Å². The van der Waals surface area contributed by atoms with Crippen molar-refractivity contribution < 1.29 is 9.59 Å². The fourth-order valence-electron chi connectivity index (χ4n) is 3.58. The van der Waals surface area contributed by atoms with Crippen LogP contribution in [-0.2, 0) is 11.2 Å². The molecule has 0 fully saturated rings. The van der Waals surface area contributed by atoms with Crippen molar-refractivity contribution in [3.05, 3.63) is 87.3 Å². The van der Waals surface area contributed by atoms with Gasteiger partial charge in [0.1, 0.15) is 4.83 Å². The number of fused-ring (bicyclic) bond motifs is 1. The zero-order valence-corrected chi connectivity index (χ0v) is 21.2. The summed E-state index contributed by atoms with van der Waals surface area (Å²) in [5.41, 5.74) is 3.07. The molecule has 0 saturated carbocycles. The number of carbonyl (C=O) groups is 2. The minimum absolute atomic E-state index is 0.107. The molecule has 35 heavy (non-hydrogen) atoms. The van der Waals surface area contributed by atoms with Crippen LogP contribution in [0.15, 0.2) is 66.0 Å². The number of hydrogen-bond donors (Lipinski definition) is 1. The molecule has 0 aliphatic heterocycles. The maximum Gasteiger partial charge on any atom is 0.269 e. The molecule has 0 spiro atoms. The van der Waals surface area contributed by atoms with E-state index in [4.69, 9.17) is 11.6 Å². The molecule has 0 radical (unpaired) electrons. The quantitative estimate of drug-likeness (QED) is 0.299. The topological polar surface area (TPSA) is 80.1 Å². The summed E-state index contributed by atoms with van der Waals surface area (Å²) < 4.78 is 1.87. The second kappa shape index (κ2) is 9.61. The first-order valence-electron chi connectivity index (χ1n) is 10.7. The molecule has 0 atom stereocenters. The molecule has 0 saturated heterocycles. The van der Waals surface area contributed by atoms with Crippen LogP contribution in [0.1, 0.15) is 21.1 Å². The number of carbonyl (C=O) groups excluding carboxylic acids is 2. The lowest BCUT2D eigenvalue weighted by Gasteiger charge is -2.12. The van der Waals surface area contributed by atoms with Gasteiger partial charge in [0, 0.05) is 28.5 Å². The van der Waals surface area contributed by atoms with Gasteiger partial charge in [-0.2, -0.15) is 5.10 Å². The smallest absolute Gasteiger partial charge is 0.269 e. The van der Waals surface area contributed by atoms with Crippen LogP contribution >= 0.6 is 34.3 Å². The van der Waals surface area contributed by atoms with Crippen LogP contribution in [0, 0.1) is 6.92 Å². The van der Waals surface area contributed by atoms with Crippen LogP contribution in [0.4, 0.5) is 10.8 Å². The lowest BCUT2D eigenvalue weighted by molar-refractivity contribution is -0.115. The predicted octanol–water partition coefficient (Wildman–Crippen LogP) is 5.96. The number of nitrogens with zero attached hydrogens (tertiary/aromatic N) is 4. The molecule has 1 N–H and O–H groups in total. The van der Waals surface area contributed by atoms with Crippen LogP contribution in [-0.4, -0.2) is 33.6 Å². The van der Waals surface area contributed by atoms with Crippen LogP contribution in [0.3, 0.4) is 0 Å². The summed E-state index contributed by atoms with van der Waals surface area (Å²) in [7, 11) is 1.69. The van der Waals surface area contributed by atoms with E-state index in [0.29, 0.717) is 26.4 Å². The summed E-state index contributed by atoms with van der Waals surface area (Å²) in [5.74, 6) is -0.347. The highest BCUT2D eigenvalue weighted by atomic mass is 35.5. The number of halogens is 1. The summed E-state index contributed by atoms with van der Waals surface area (Å²) >= 11 is 8.61. The van der Waals surface area contributed by atoms with Crippen molar-refractivity contribution in [2.75, 3.05) is 17.3 Å². The van der Waals surface area contributed by atoms with E-state index in [-0.39, 0.29) is 18.2 Å². The van der Waals surface area contributed by atoms with Gasteiger partial charge in [-0.25, -0.2) is 9.67 Å². The van der Waals surface area contributed by atoms with Gasteiger partial charge in [0.2, 0.25) is 5.91 Å². The molecule has 7 nitrogen and oxygen atoms in total. The number of benzene rings is 2. The monoisotopic (exact) mass is 521 g/mol. The molecule has 2 amide bonds. The Kier molecular flexibility index (Phi) is 6.38. The molecule has 0 unspecified atom stereocenters. The first-order valence-corrected chi connectivity index (χ1v) is 12.8. The van der Waals surface area contributed by atoms with E-state index in [1.165, 1.54) is 27.6 Å². The Bertz CT molecular complexity index is 1520. The minimum atomic E-state index is -0.191. The number of nitrogens with one attached hydrogen (secondary N) is 1. The normalized spacial score (nSPS) is 11.1. The van der Waals surface area contributed by atoms with Crippen molar-refractivity contribution >= 4 is 67.1 Å². The summed E-state index contributed by atoms with van der Waals surface area (Å²) in [6.07, 6.45) is 0.107. The molecular weight excluding hydrogens is 502 g/mol. The molecule has 3 aromatic heterocycles. The number of amides is 2. The maximum absolute atomic E-state index is 13.3. The average molecular weight is 522 g/mol. The van der Waals surface area contributed by atoms with Gasteiger partial charge < -0.3 is 5.32 Å². The van der Waals surface area contributed by atoms with E-state index >= 15 is 0 Å². The van der Waals surface area contributed by atoms with Gasteiger partial charge in [-0.15, -0.1) is 22.7 Å². The number of aryl methyl sites for hydroxylation is 1. The third-order valence-electron chi connectivity index (χ3n) is 5.36. The van der Waals surface area contributed by atoms with Gasteiger partial charge in [0.05, 0.1) is 28.4 Å². The zero-order chi connectivity index (χ0) is 24.5. The minimum Gasteiger partial charge on any atom is -0.326 e. The Morgan fingerprint density at radius 1 is 1.11 bits per heavy atom. The molecule has 3 heterocycles.